The molecular formula is C13H21ClN2O2S. The highest BCUT2D eigenvalue weighted by atomic mass is 35.5. The van der Waals surface area contributed by atoms with Gasteiger partial charge in [-0.25, -0.2) is 13.1 Å². The Bertz CT molecular complexity index is 470. The number of nitrogens with one attached hydrogen (secondary N) is 1. The lowest BCUT2D eigenvalue weighted by molar-refractivity contribution is 0.309. The van der Waals surface area contributed by atoms with Gasteiger partial charge in [-0.1, -0.05) is 37.6 Å². The van der Waals surface area contributed by atoms with Crippen LogP contribution in [0.2, 0.25) is 5.02 Å². The van der Waals surface area contributed by atoms with Crippen molar-refractivity contribution in [3.63, 3.8) is 0 Å². The number of nitrogens with zero attached hydrogens (tertiary/aromatic N) is 1. The highest BCUT2D eigenvalue weighted by Crippen LogP contribution is 2.11. The molecule has 0 saturated carbocycles. The molecule has 0 unspecified atom stereocenters. The van der Waals surface area contributed by atoms with Crippen molar-refractivity contribution in [3.8, 4) is 0 Å². The molecular weight excluding hydrogens is 284 g/mol. The van der Waals surface area contributed by atoms with E-state index >= 15 is 0 Å². The molecule has 108 valence electrons. The summed E-state index contributed by atoms with van der Waals surface area (Å²) >= 11 is 5.76. The summed E-state index contributed by atoms with van der Waals surface area (Å²) in [7, 11) is -3.28. The molecule has 0 atom stereocenters. The minimum absolute atomic E-state index is 0.0115. The van der Waals surface area contributed by atoms with Crippen LogP contribution in [0, 0.1) is 0 Å². The number of hydrogen-bond donors (Lipinski definition) is 1. The second-order valence-corrected chi connectivity index (χ2v) is 6.55. The van der Waals surface area contributed by atoms with Gasteiger partial charge in [0.2, 0.25) is 10.0 Å². The van der Waals surface area contributed by atoms with Gasteiger partial charge in [-0.05, 0) is 30.8 Å². The first-order chi connectivity index (χ1) is 8.96. The predicted molar refractivity (Wildman–Crippen MR) is 79.9 cm³/mol. The van der Waals surface area contributed by atoms with E-state index in [1.54, 1.807) is 24.3 Å². The molecule has 0 heterocycles. The van der Waals surface area contributed by atoms with E-state index in [0.717, 1.165) is 25.2 Å². The molecule has 1 aromatic rings. The first-order valence-corrected chi connectivity index (χ1v) is 8.44. The molecule has 0 bridgehead atoms. The second kappa shape index (κ2) is 7.85. The second-order valence-electron chi connectivity index (χ2n) is 4.31. The van der Waals surface area contributed by atoms with Crippen LogP contribution in [0.3, 0.4) is 0 Å². The van der Waals surface area contributed by atoms with Crippen LogP contribution >= 0.6 is 11.6 Å². The summed E-state index contributed by atoms with van der Waals surface area (Å²) in [5, 5.41) is 0.607. The normalized spacial score (nSPS) is 12.0. The average Bonchev–Trinajstić information content (AvgIpc) is 2.37. The first kappa shape index (κ1) is 16.4. The Kier molecular flexibility index (Phi) is 6.79. The topological polar surface area (TPSA) is 49.4 Å². The Morgan fingerprint density at radius 2 is 1.74 bits per heavy atom. The number of benzene rings is 1. The van der Waals surface area contributed by atoms with Crippen LogP contribution in [0.25, 0.3) is 0 Å². The molecule has 1 rings (SSSR count). The first-order valence-electron chi connectivity index (χ1n) is 6.41. The van der Waals surface area contributed by atoms with Gasteiger partial charge in [0, 0.05) is 18.1 Å². The van der Waals surface area contributed by atoms with E-state index in [-0.39, 0.29) is 5.75 Å². The van der Waals surface area contributed by atoms with Gasteiger partial charge in [0.15, 0.2) is 0 Å². The summed E-state index contributed by atoms with van der Waals surface area (Å²) in [4.78, 5) is 2.17. The third kappa shape index (κ3) is 6.38. The standard InChI is InChI=1S/C13H21ClN2O2S/c1-3-16(4-2)10-9-15-19(17,18)11-12-5-7-13(14)8-6-12/h5-8,15H,3-4,9-11H2,1-2H3. The maximum absolute atomic E-state index is 11.9. The van der Waals surface area contributed by atoms with Gasteiger partial charge in [-0.3, -0.25) is 0 Å². The fraction of sp³-hybridized carbons (Fsp3) is 0.538. The number of rotatable bonds is 8. The van der Waals surface area contributed by atoms with E-state index in [1.165, 1.54) is 0 Å². The number of halogens is 1. The highest BCUT2D eigenvalue weighted by Gasteiger charge is 2.11. The molecule has 0 aromatic heterocycles. The van der Waals surface area contributed by atoms with Gasteiger partial charge >= 0.3 is 0 Å². The monoisotopic (exact) mass is 304 g/mol. The van der Waals surface area contributed by atoms with Gasteiger partial charge in [0.25, 0.3) is 0 Å². The fourth-order valence-corrected chi connectivity index (χ4v) is 3.01. The maximum atomic E-state index is 11.9. The van der Waals surface area contributed by atoms with Crippen LogP contribution in [-0.2, 0) is 15.8 Å². The lowest BCUT2D eigenvalue weighted by Gasteiger charge is -2.18. The largest absolute Gasteiger partial charge is 0.303 e. The van der Waals surface area contributed by atoms with Crippen molar-refractivity contribution in [1.82, 2.24) is 9.62 Å². The van der Waals surface area contributed by atoms with Gasteiger partial charge in [0.05, 0.1) is 5.75 Å². The van der Waals surface area contributed by atoms with Crippen LogP contribution in [0.4, 0.5) is 0 Å². The number of hydrogen-bond acceptors (Lipinski definition) is 3. The summed E-state index contributed by atoms with van der Waals surface area (Å²) in [6.45, 7) is 7.15. The maximum Gasteiger partial charge on any atom is 0.215 e. The molecule has 1 aromatic carbocycles. The molecule has 0 saturated heterocycles. The van der Waals surface area contributed by atoms with Crippen LogP contribution < -0.4 is 4.72 Å². The van der Waals surface area contributed by atoms with E-state index in [9.17, 15) is 8.42 Å². The van der Waals surface area contributed by atoms with Crippen molar-refractivity contribution >= 4 is 21.6 Å². The van der Waals surface area contributed by atoms with E-state index in [1.807, 2.05) is 0 Å². The summed E-state index contributed by atoms with van der Waals surface area (Å²) in [5.74, 6) is -0.0115. The Morgan fingerprint density at radius 1 is 1.16 bits per heavy atom. The Hall–Kier alpha value is -0.620. The molecule has 0 aliphatic rings. The molecule has 0 fully saturated rings. The number of sulfonamides is 1. The van der Waals surface area contributed by atoms with E-state index < -0.39 is 10.0 Å². The van der Waals surface area contributed by atoms with Gasteiger partial charge in [-0.2, -0.15) is 0 Å². The van der Waals surface area contributed by atoms with Crippen LogP contribution in [-0.4, -0.2) is 39.5 Å². The zero-order chi connectivity index (χ0) is 14.3. The van der Waals surface area contributed by atoms with Crippen LogP contribution in [0.15, 0.2) is 24.3 Å². The highest BCUT2D eigenvalue weighted by molar-refractivity contribution is 7.88. The smallest absolute Gasteiger partial charge is 0.215 e. The zero-order valence-corrected chi connectivity index (χ0v) is 13.0. The molecule has 0 aliphatic heterocycles. The third-order valence-electron chi connectivity index (χ3n) is 2.91. The minimum atomic E-state index is -3.28. The predicted octanol–water partition coefficient (Wildman–Crippen LogP) is 2.10. The number of likely N-dealkylation sites (N-methyl/N-ethyl adjacent to an activating group) is 1. The Balaban J connectivity index is 2.46. The van der Waals surface area contributed by atoms with Crippen molar-refractivity contribution in [1.29, 1.82) is 0 Å². The van der Waals surface area contributed by atoms with Crippen molar-refractivity contribution in [2.45, 2.75) is 19.6 Å². The van der Waals surface area contributed by atoms with Crippen molar-refractivity contribution in [2.24, 2.45) is 0 Å². The van der Waals surface area contributed by atoms with Crippen LogP contribution in [0.1, 0.15) is 19.4 Å². The molecule has 0 aliphatic carbocycles. The summed E-state index contributed by atoms with van der Waals surface area (Å²) < 4.78 is 26.4. The summed E-state index contributed by atoms with van der Waals surface area (Å²) in [5.41, 5.74) is 0.736. The molecule has 1 N–H and O–H groups in total. The summed E-state index contributed by atoms with van der Waals surface area (Å²) in [6.07, 6.45) is 0. The molecule has 4 nitrogen and oxygen atoms in total. The molecule has 19 heavy (non-hydrogen) atoms. The molecule has 6 heteroatoms. The third-order valence-corrected chi connectivity index (χ3v) is 4.52. The van der Waals surface area contributed by atoms with E-state index in [2.05, 4.69) is 23.5 Å². The molecule has 0 spiro atoms. The minimum Gasteiger partial charge on any atom is -0.303 e. The molecule has 0 radical (unpaired) electrons. The van der Waals surface area contributed by atoms with Crippen LogP contribution in [0.5, 0.6) is 0 Å². The van der Waals surface area contributed by atoms with Gasteiger partial charge < -0.3 is 4.90 Å². The lowest BCUT2D eigenvalue weighted by Crippen LogP contribution is -2.35. The quantitative estimate of drug-likeness (QED) is 0.800. The average molecular weight is 305 g/mol. The Labute approximate surface area is 120 Å². The van der Waals surface area contributed by atoms with Crippen molar-refractivity contribution in [3.05, 3.63) is 34.9 Å². The zero-order valence-electron chi connectivity index (χ0n) is 11.4. The Morgan fingerprint density at radius 3 is 2.26 bits per heavy atom. The van der Waals surface area contributed by atoms with Crippen molar-refractivity contribution in [2.75, 3.05) is 26.2 Å². The van der Waals surface area contributed by atoms with Crippen molar-refractivity contribution < 1.29 is 8.42 Å². The lowest BCUT2D eigenvalue weighted by atomic mass is 10.2. The summed E-state index contributed by atoms with van der Waals surface area (Å²) in [6, 6.07) is 6.85. The van der Waals surface area contributed by atoms with Gasteiger partial charge in [0.1, 0.15) is 0 Å². The fourth-order valence-electron chi connectivity index (χ4n) is 1.75. The van der Waals surface area contributed by atoms with Gasteiger partial charge in [-0.15, -0.1) is 0 Å². The molecule has 0 amide bonds. The van der Waals surface area contributed by atoms with E-state index in [0.29, 0.717) is 11.6 Å². The SMILES string of the molecule is CCN(CC)CCNS(=O)(=O)Cc1ccc(Cl)cc1. The van der Waals surface area contributed by atoms with E-state index in [4.69, 9.17) is 11.6 Å².